The number of ether oxygens (including phenoxy) is 1. The number of nitrogens with zero attached hydrogens (tertiary/aromatic N) is 1. The molecule has 6 nitrogen and oxygen atoms in total. The van der Waals surface area contributed by atoms with E-state index in [1.807, 2.05) is 12.1 Å². The molecule has 0 saturated carbocycles. The third-order valence-corrected chi connectivity index (χ3v) is 3.82. The van der Waals surface area contributed by atoms with Crippen LogP contribution >= 0.6 is 11.6 Å². The molecule has 0 unspecified atom stereocenters. The SMILES string of the molecule is O=C(Cn1c(=O)oc2ccccc21)NCC#CCOc1ccccc1Cl. The van der Waals surface area contributed by atoms with Crippen molar-refractivity contribution in [3.05, 3.63) is 64.1 Å². The number of halogens is 1. The lowest BCUT2D eigenvalue weighted by Gasteiger charge is -2.03. The molecule has 0 aliphatic heterocycles. The van der Waals surface area contributed by atoms with Gasteiger partial charge >= 0.3 is 5.76 Å². The highest BCUT2D eigenvalue weighted by atomic mass is 35.5. The van der Waals surface area contributed by atoms with E-state index >= 15 is 0 Å². The van der Waals surface area contributed by atoms with Gasteiger partial charge in [-0.15, -0.1) is 0 Å². The van der Waals surface area contributed by atoms with Crippen molar-refractivity contribution in [1.82, 2.24) is 9.88 Å². The fraction of sp³-hybridized carbons (Fsp3) is 0.158. The smallest absolute Gasteiger partial charge is 0.420 e. The number of fused-ring (bicyclic) bond motifs is 1. The lowest BCUT2D eigenvalue weighted by atomic mass is 10.3. The summed E-state index contributed by atoms with van der Waals surface area (Å²) in [6.07, 6.45) is 0. The molecule has 1 N–H and O–H groups in total. The van der Waals surface area contributed by atoms with Crippen molar-refractivity contribution >= 4 is 28.6 Å². The zero-order valence-corrected chi connectivity index (χ0v) is 14.5. The Morgan fingerprint density at radius 2 is 1.92 bits per heavy atom. The van der Waals surface area contributed by atoms with Gasteiger partial charge in [0, 0.05) is 0 Å². The summed E-state index contributed by atoms with van der Waals surface area (Å²) in [5.41, 5.74) is 1.02. The van der Waals surface area contributed by atoms with Crippen molar-refractivity contribution in [3.8, 4) is 17.6 Å². The number of hydrogen-bond donors (Lipinski definition) is 1. The van der Waals surface area contributed by atoms with E-state index < -0.39 is 5.76 Å². The molecular formula is C19H15ClN2O4. The predicted molar refractivity (Wildman–Crippen MR) is 98.2 cm³/mol. The molecule has 0 saturated heterocycles. The zero-order valence-electron chi connectivity index (χ0n) is 13.7. The fourth-order valence-corrected chi connectivity index (χ4v) is 2.49. The minimum atomic E-state index is -0.569. The fourth-order valence-electron chi connectivity index (χ4n) is 2.30. The second-order valence-corrected chi connectivity index (χ2v) is 5.68. The number of carbonyl (C=O) groups is 1. The monoisotopic (exact) mass is 370 g/mol. The molecule has 1 heterocycles. The first kappa shape index (κ1) is 17.6. The first-order valence-electron chi connectivity index (χ1n) is 7.83. The summed E-state index contributed by atoms with van der Waals surface area (Å²) in [5.74, 6) is 5.21. The Balaban J connectivity index is 1.48. The maximum absolute atomic E-state index is 12.0. The van der Waals surface area contributed by atoms with E-state index in [-0.39, 0.29) is 25.6 Å². The van der Waals surface area contributed by atoms with Gasteiger partial charge in [-0.25, -0.2) is 4.79 Å². The van der Waals surface area contributed by atoms with Gasteiger partial charge in [0.25, 0.3) is 0 Å². The summed E-state index contributed by atoms with van der Waals surface area (Å²) in [6.45, 7) is 0.175. The Bertz CT molecular complexity index is 1040. The molecule has 0 spiro atoms. The van der Waals surface area contributed by atoms with E-state index in [0.717, 1.165) is 0 Å². The van der Waals surface area contributed by atoms with E-state index in [9.17, 15) is 9.59 Å². The number of aromatic nitrogens is 1. The molecule has 0 radical (unpaired) electrons. The Morgan fingerprint density at radius 3 is 2.77 bits per heavy atom. The van der Waals surface area contributed by atoms with Crippen LogP contribution in [0.2, 0.25) is 5.02 Å². The van der Waals surface area contributed by atoms with E-state index in [1.54, 1.807) is 36.4 Å². The summed E-state index contributed by atoms with van der Waals surface area (Å²) >= 11 is 5.96. The molecule has 1 aromatic heterocycles. The maximum Gasteiger partial charge on any atom is 0.420 e. The van der Waals surface area contributed by atoms with Gasteiger partial charge in [0.2, 0.25) is 5.91 Å². The van der Waals surface area contributed by atoms with Crippen molar-refractivity contribution in [2.45, 2.75) is 6.54 Å². The number of hydrogen-bond acceptors (Lipinski definition) is 4. The first-order valence-corrected chi connectivity index (χ1v) is 8.21. The van der Waals surface area contributed by atoms with Crippen LogP contribution in [0.1, 0.15) is 0 Å². The molecule has 0 aliphatic carbocycles. The molecule has 26 heavy (non-hydrogen) atoms. The van der Waals surface area contributed by atoms with Crippen molar-refractivity contribution in [1.29, 1.82) is 0 Å². The maximum atomic E-state index is 12.0. The third kappa shape index (κ3) is 4.26. The highest BCUT2D eigenvalue weighted by Crippen LogP contribution is 2.22. The van der Waals surface area contributed by atoms with Gasteiger partial charge in [-0.05, 0) is 24.3 Å². The Hall–Kier alpha value is -3.17. The minimum absolute atomic E-state index is 0.131. The van der Waals surface area contributed by atoms with Crippen LogP contribution in [0.5, 0.6) is 5.75 Å². The van der Waals surface area contributed by atoms with Crippen molar-refractivity contribution in [3.63, 3.8) is 0 Å². The third-order valence-electron chi connectivity index (χ3n) is 3.51. The average molecular weight is 371 g/mol. The Kier molecular flexibility index (Phi) is 5.62. The molecule has 0 atom stereocenters. The Morgan fingerprint density at radius 1 is 1.15 bits per heavy atom. The van der Waals surface area contributed by atoms with Crippen LogP contribution in [-0.4, -0.2) is 23.6 Å². The molecule has 0 aliphatic rings. The van der Waals surface area contributed by atoms with E-state index in [2.05, 4.69) is 17.2 Å². The zero-order chi connectivity index (χ0) is 18.4. The van der Waals surface area contributed by atoms with Gasteiger partial charge in [-0.3, -0.25) is 9.36 Å². The molecule has 1 amide bonds. The van der Waals surface area contributed by atoms with Gasteiger partial charge < -0.3 is 14.5 Å². The number of amides is 1. The quantitative estimate of drug-likeness (QED) is 0.700. The van der Waals surface area contributed by atoms with Crippen LogP contribution < -0.4 is 15.8 Å². The minimum Gasteiger partial charge on any atom is -0.479 e. The molecule has 7 heteroatoms. The van der Waals surface area contributed by atoms with Crippen molar-refractivity contribution in [2.75, 3.05) is 13.2 Å². The number of nitrogens with one attached hydrogen (secondary N) is 1. The summed E-state index contributed by atoms with van der Waals surface area (Å²) < 4.78 is 11.8. The van der Waals surface area contributed by atoms with Crippen LogP contribution in [0.4, 0.5) is 0 Å². The largest absolute Gasteiger partial charge is 0.479 e. The highest BCUT2D eigenvalue weighted by molar-refractivity contribution is 6.32. The lowest BCUT2D eigenvalue weighted by Crippen LogP contribution is -2.31. The van der Waals surface area contributed by atoms with Gasteiger partial charge in [0.15, 0.2) is 5.58 Å². The van der Waals surface area contributed by atoms with E-state index in [4.69, 9.17) is 20.8 Å². The molecule has 0 fully saturated rings. The Labute approximate surface area is 154 Å². The average Bonchev–Trinajstić information content (AvgIpc) is 2.95. The van der Waals surface area contributed by atoms with Gasteiger partial charge in [-0.1, -0.05) is 47.7 Å². The topological polar surface area (TPSA) is 73.5 Å². The van der Waals surface area contributed by atoms with Crippen LogP contribution in [0.15, 0.2) is 57.7 Å². The van der Waals surface area contributed by atoms with Crippen LogP contribution in [0.3, 0.4) is 0 Å². The summed E-state index contributed by atoms with van der Waals surface area (Å²) in [6, 6.07) is 14.0. The summed E-state index contributed by atoms with van der Waals surface area (Å²) in [4.78, 5) is 23.8. The summed E-state index contributed by atoms with van der Waals surface area (Å²) in [7, 11) is 0. The number of oxazole rings is 1. The van der Waals surface area contributed by atoms with E-state index in [1.165, 1.54) is 4.57 Å². The summed E-state index contributed by atoms with van der Waals surface area (Å²) in [5, 5.41) is 3.14. The standard InChI is InChI=1S/C19H15ClN2O4/c20-14-7-1-3-9-16(14)25-12-6-5-11-21-18(23)13-22-15-8-2-4-10-17(15)26-19(22)24/h1-4,7-10H,11-13H2,(H,21,23). The number of rotatable bonds is 5. The van der Waals surface area contributed by atoms with Gasteiger partial charge in [0.1, 0.15) is 18.9 Å². The number of para-hydroxylation sites is 3. The molecular weight excluding hydrogens is 356 g/mol. The second-order valence-electron chi connectivity index (χ2n) is 5.27. The normalized spacial score (nSPS) is 10.2. The lowest BCUT2D eigenvalue weighted by molar-refractivity contribution is -0.121. The predicted octanol–water partition coefficient (Wildman–Crippen LogP) is 2.45. The van der Waals surface area contributed by atoms with Crippen molar-refractivity contribution in [2.24, 2.45) is 0 Å². The highest BCUT2D eigenvalue weighted by Gasteiger charge is 2.11. The first-order chi connectivity index (χ1) is 12.6. The molecule has 3 rings (SSSR count). The molecule has 132 valence electrons. The van der Waals surface area contributed by atoms with E-state index in [0.29, 0.717) is 21.9 Å². The molecule has 0 bridgehead atoms. The number of carbonyl (C=O) groups excluding carboxylic acids is 1. The molecule has 3 aromatic rings. The van der Waals surface area contributed by atoms with Crippen LogP contribution in [0.25, 0.3) is 11.1 Å². The van der Waals surface area contributed by atoms with Crippen LogP contribution in [0, 0.1) is 11.8 Å². The van der Waals surface area contributed by atoms with Crippen LogP contribution in [-0.2, 0) is 11.3 Å². The van der Waals surface area contributed by atoms with Gasteiger partial charge in [0.05, 0.1) is 17.1 Å². The second kappa shape index (κ2) is 8.28. The molecule has 2 aromatic carbocycles. The van der Waals surface area contributed by atoms with Crippen molar-refractivity contribution < 1.29 is 13.9 Å². The van der Waals surface area contributed by atoms with Gasteiger partial charge in [-0.2, -0.15) is 0 Å². The number of benzene rings is 2.